The lowest BCUT2D eigenvalue weighted by Gasteiger charge is -2.18. The number of aromatic nitrogens is 3. The zero-order chi connectivity index (χ0) is 17.1. The fourth-order valence-corrected chi connectivity index (χ4v) is 2.50. The van der Waals surface area contributed by atoms with Crippen LogP contribution in [0, 0.1) is 0 Å². The van der Waals surface area contributed by atoms with E-state index in [-0.39, 0.29) is 17.3 Å². The molecule has 0 atom stereocenters. The van der Waals surface area contributed by atoms with Gasteiger partial charge in [-0.3, -0.25) is 0 Å². The molecule has 0 unspecified atom stereocenters. The molecule has 128 valence electrons. The summed E-state index contributed by atoms with van der Waals surface area (Å²) >= 11 is 0. The number of nitrogens with zero attached hydrogens (tertiary/aromatic N) is 4. The van der Waals surface area contributed by atoms with E-state index in [9.17, 15) is 17.6 Å². The van der Waals surface area contributed by atoms with Gasteiger partial charge in [0, 0.05) is 25.2 Å². The van der Waals surface area contributed by atoms with Gasteiger partial charge in [0.25, 0.3) is 6.43 Å². The Bertz CT molecular complexity index is 708. The Labute approximate surface area is 135 Å². The maximum atomic E-state index is 13.1. The van der Waals surface area contributed by atoms with Crippen molar-refractivity contribution in [3.05, 3.63) is 30.1 Å². The molecular formula is C15H14F4N4O. The van der Waals surface area contributed by atoms with E-state index in [1.54, 1.807) is 0 Å². The van der Waals surface area contributed by atoms with Gasteiger partial charge in [0.15, 0.2) is 5.82 Å². The number of hydrogen-bond acceptors (Lipinski definition) is 5. The summed E-state index contributed by atoms with van der Waals surface area (Å²) in [7, 11) is 0. The van der Waals surface area contributed by atoms with Gasteiger partial charge in [-0.05, 0) is 18.9 Å². The molecule has 3 rings (SSSR count). The Hall–Kier alpha value is -2.45. The van der Waals surface area contributed by atoms with Crippen LogP contribution in [-0.4, -0.2) is 34.7 Å². The van der Waals surface area contributed by atoms with Gasteiger partial charge in [-0.25, -0.2) is 23.7 Å². The quantitative estimate of drug-likeness (QED) is 0.776. The van der Waals surface area contributed by atoms with E-state index >= 15 is 0 Å². The minimum Gasteiger partial charge on any atom is -0.417 e. The third-order valence-electron chi connectivity index (χ3n) is 3.55. The lowest BCUT2D eigenvalue weighted by molar-refractivity contribution is -0.0527. The topological polar surface area (TPSA) is 51.1 Å². The first kappa shape index (κ1) is 16.4. The zero-order valence-corrected chi connectivity index (χ0v) is 12.5. The summed E-state index contributed by atoms with van der Waals surface area (Å²) in [5, 5.41) is 0. The summed E-state index contributed by atoms with van der Waals surface area (Å²) in [5.41, 5.74) is 0.305. The molecule has 0 N–H and O–H groups in total. The van der Waals surface area contributed by atoms with Crippen LogP contribution in [0.3, 0.4) is 0 Å². The van der Waals surface area contributed by atoms with Crippen LogP contribution in [0.4, 0.5) is 23.4 Å². The van der Waals surface area contributed by atoms with Crippen molar-refractivity contribution in [2.45, 2.75) is 25.9 Å². The average molecular weight is 342 g/mol. The molecule has 2 aromatic heterocycles. The second kappa shape index (κ2) is 6.98. The molecule has 0 bridgehead atoms. The normalized spacial score (nSPS) is 14.7. The summed E-state index contributed by atoms with van der Waals surface area (Å²) < 4.78 is 55.0. The average Bonchev–Trinajstić information content (AvgIpc) is 3.08. The van der Waals surface area contributed by atoms with Crippen LogP contribution < -0.4 is 9.64 Å². The van der Waals surface area contributed by atoms with Crippen molar-refractivity contribution in [2.75, 3.05) is 18.0 Å². The molecule has 0 saturated carbocycles. The van der Waals surface area contributed by atoms with Crippen molar-refractivity contribution in [3.8, 4) is 17.3 Å². The van der Waals surface area contributed by atoms with Crippen LogP contribution >= 0.6 is 0 Å². The number of halogens is 4. The molecule has 24 heavy (non-hydrogen) atoms. The zero-order valence-electron chi connectivity index (χ0n) is 12.5. The van der Waals surface area contributed by atoms with Crippen LogP contribution in [0.2, 0.25) is 0 Å². The summed E-state index contributed by atoms with van der Waals surface area (Å²) in [4.78, 5) is 13.5. The van der Waals surface area contributed by atoms with Gasteiger partial charge in [0.05, 0.1) is 11.4 Å². The highest BCUT2D eigenvalue weighted by Gasteiger charge is 2.20. The van der Waals surface area contributed by atoms with E-state index in [0.717, 1.165) is 25.9 Å². The molecule has 2 aromatic rings. The summed E-state index contributed by atoms with van der Waals surface area (Å²) in [6.07, 6.45) is -0.926. The van der Waals surface area contributed by atoms with Crippen LogP contribution in [0.25, 0.3) is 11.4 Å². The number of anilines is 1. The highest BCUT2D eigenvalue weighted by Crippen LogP contribution is 2.27. The minimum absolute atomic E-state index is 0.141. The Morgan fingerprint density at radius 2 is 1.71 bits per heavy atom. The standard InChI is InChI=1S/C15H14F4N4O/c16-13(17)14-21-10(8-11(22-14)23-6-1-2-7-23)9-4-3-5-12(20-9)24-15(18)19/h3-5,8,13,15H,1-2,6-7H2. The van der Waals surface area contributed by atoms with Gasteiger partial charge in [-0.2, -0.15) is 8.78 Å². The Balaban J connectivity index is 1.99. The first-order valence-electron chi connectivity index (χ1n) is 7.37. The predicted molar refractivity (Wildman–Crippen MR) is 78.3 cm³/mol. The molecule has 9 heteroatoms. The molecule has 5 nitrogen and oxygen atoms in total. The van der Waals surface area contributed by atoms with E-state index in [0.29, 0.717) is 5.82 Å². The van der Waals surface area contributed by atoms with Gasteiger partial charge in [-0.15, -0.1) is 0 Å². The minimum atomic E-state index is -3.02. The lowest BCUT2D eigenvalue weighted by atomic mass is 10.2. The SMILES string of the molecule is FC(F)Oc1cccc(-c2cc(N3CCCC3)nc(C(F)F)n2)n1. The first-order chi connectivity index (χ1) is 11.5. The first-order valence-corrected chi connectivity index (χ1v) is 7.37. The molecule has 1 aliphatic heterocycles. The Kier molecular flexibility index (Phi) is 4.77. The van der Waals surface area contributed by atoms with Gasteiger partial charge >= 0.3 is 6.61 Å². The van der Waals surface area contributed by atoms with Crippen LogP contribution in [-0.2, 0) is 0 Å². The molecule has 1 saturated heterocycles. The van der Waals surface area contributed by atoms with E-state index in [4.69, 9.17) is 0 Å². The fraction of sp³-hybridized carbons (Fsp3) is 0.400. The van der Waals surface area contributed by atoms with E-state index in [1.807, 2.05) is 4.90 Å². The molecule has 0 radical (unpaired) electrons. The molecule has 3 heterocycles. The van der Waals surface area contributed by atoms with Crippen molar-refractivity contribution in [1.82, 2.24) is 15.0 Å². The maximum Gasteiger partial charge on any atom is 0.388 e. The molecule has 1 aliphatic rings. The van der Waals surface area contributed by atoms with Crippen LogP contribution in [0.5, 0.6) is 5.88 Å². The summed E-state index contributed by atoms with van der Waals surface area (Å²) in [6, 6.07) is 5.72. The largest absolute Gasteiger partial charge is 0.417 e. The lowest BCUT2D eigenvalue weighted by Crippen LogP contribution is -2.20. The fourth-order valence-electron chi connectivity index (χ4n) is 2.50. The highest BCUT2D eigenvalue weighted by molar-refractivity contribution is 5.60. The van der Waals surface area contributed by atoms with Gasteiger partial charge in [0.2, 0.25) is 5.88 Å². The van der Waals surface area contributed by atoms with Crippen molar-refractivity contribution in [2.24, 2.45) is 0 Å². The van der Waals surface area contributed by atoms with Crippen molar-refractivity contribution < 1.29 is 22.3 Å². The van der Waals surface area contributed by atoms with E-state index in [1.165, 1.54) is 24.3 Å². The molecule has 0 amide bonds. The molecule has 0 aliphatic carbocycles. The Morgan fingerprint density at radius 1 is 0.958 bits per heavy atom. The number of rotatable bonds is 5. The van der Waals surface area contributed by atoms with Crippen LogP contribution in [0.15, 0.2) is 24.3 Å². The number of pyridine rings is 1. The summed E-state index contributed by atoms with van der Waals surface area (Å²) in [6.45, 7) is -1.57. The molecular weight excluding hydrogens is 328 g/mol. The predicted octanol–water partition coefficient (Wildman–Crippen LogP) is 3.68. The van der Waals surface area contributed by atoms with Gasteiger partial charge in [-0.1, -0.05) is 6.07 Å². The number of hydrogen-bond donors (Lipinski definition) is 0. The Morgan fingerprint density at radius 3 is 2.38 bits per heavy atom. The number of ether oxygens (including phenoxy) is 1. The van der Waals surface area contributed by atoms with E-state index < -0.39 is 18.9 Å². The second-order valence-corrected chi connectivity index (χ2v) is 5.20. The van der Waals surface area contributed by atoms with Gasteiger partial charge in [0.1, 0.15) is 5.82 Å². The third kappa shape index (κ3) is 3.72. The van der Waals surface area contributed by atoms with Crippen LogP contribution in [0.1, 0.15) is 25.1 Å². The van der Waals surface area contributed by atoms with Crippen molar-refractivity contribution in [1.29, 1.82) is 0 Å². The summed E-state index contributed by atoms with van der Waals surface area (Å²) in [5.74, 6) is -0.534. The third-order valence-corrected chi connectivity index (χ3v) is 3.55. The van der Waals surface area contributed by atoms with Crippen molar-refractivity contribution in [3.63, 3.8) is 0 Å². The number of alkyl halides is 4. The van der Waals surface area contributed by atoms with E-state index in [2.05, 4.69) is 19.7 Å². The monoisotopic (exact) mass is 342 g/mol. The van der Waals surface area contributed by atoms with Gasteiger partial charge < -0.3 is 9.64 Å². The highest BCUT2D eigenvalue weighted by atomic mass is 19.3. The van der Waals surface area contributed by atoms with Crippen molar-refractivity contribution >= 4 is 5.82 Å². The molecule has 0 aromatic carbocycles. The molecule has 1 fully saturated rings. The second-order valence-electron chi connectivity index (χ2n) is 5.20. The maximum absolute atomic E-state index is 13.1. The smallest absolute Gasteiger partial charge is 0.388 e. The molecule has 0 spiro atoms.